The molecule has 0 spiro atoms. The highest BCUT2D eigenvalue weighted by Gasteiger charge is 2.28. The highest BCUT2D eigenvalue weighted by molar-refractivity contribution is 5.96. The average Bonchev–Trinajstić information content (AvgIpc) is 3.10. The molecule has 0 aliphatic carbocycles. The molecule has 0 saturated carbocycles. The van der Waals surface area contributed by atoms with E-state index in [0.717, 1.165) is 5.56 Å². The number of hydrogen-bond donors (Lipinski definition) is 0. The second kappa shape index (κ2) is 6.85. The summed E-state index contributed by atoms with van der Waals surface area (Å²) in [4.78, 5) is 12.5. The van der Waals surface area contributed by atoms with Crippen molar-refractivity contribution in [3.05, 3.63) is 59.7 Å². The van der Waals surface area contributed by atoms with Gasteiger partial charge in [0.2, 0.25) is 6.79 Å². The Bertz CT molecular complexity index is 820. The number of carbonyl (C=O) groups is 1. The molecule has 0 saturated heterocycles. The van der Waals surface area contributed by atoms with E-state index >= 15 is 0 Å². The second-order valence-corrected chi connectivity index (χ2v) is 5.45. The number of carbonyl (C=O) groups excluding carboxylic acids is 1. The first-order chi connectivity index (χ1) is 11.7. The zero-order valence-electron chi connectivity index (χ0n) is 12.8. The van der Waals surface area contributed by atoms with E-state index in [4.69, 9.17) is 9.47 Å². The first-order valence-corrected chi connectivity index (χ1v) is 7.50. The van der Waals surface area contributed by atoms with E-state index in [0.29, 0.717) is 17.1 Å². The number of Topliss-reactive ketones (excluding diaryl/α,β-unsaturated/α-hetero) is 1. The van der Waals surface area contributed by atoms with Gasteiger partial charge in [-0.1, -0.05) is 36.4 Å². The predicted octanol–water partition coefficient (Wildman–Crippen LogP) is 3.44. The maximum absolute atomic E-state index is 12.5. The number of rotatable bonds is 5. The smallest absolute Gasteiger partial charge is 0.231 e. The molecule has 3 rings (SSSR count). The van der Waals surface area contributed by atoms with Crippen molar-refractivity contribution in [3.8, 4) is 23.6 Å². The number of ether oxygens (including phenoxy) is 2. The van der Waals surface area contributed by atoms with Crippen LogP contribution < -0.4 is 9.47 Å². The summed E-state index contributed by atoms with van der Waals surface area (Å²) in [5.41, 5.74) is 1.29. The van der Waals surface area contributed by atoms with Crippen LogP contribution in [0.5, 0.6) is 11.5 Å². The first-order valence-electron chi connectivity index (χ1n) is 7.50. The summed E-state index contributed by atoms with van der Waals surface area (Å²) in [5.74, 6) is -0.356. The van der Waals surface area contributed by atoms with Crippen LogP contribution in [0.4, 0.5) is 0 Å². The van der Waals surface area contributed by atoms with Crippen LogP contribution in [0, 0.1) is 28.6 Å². The first kappa shape index (κ1) is 15.6. The molecule has 1 atom stereocenters. The van der Waals surface area contributed by atoms with Crippen LogP contribution in [0.3, 0.4) is 0 Å². The largest absolute Gasteiger partial charge is 0.454 e. The van der Waals surface area contributed by atoms with Gasteiger partial charge in [0.25, 0.3) is 0 Å². The molecule has 1 aliphatic heterocycles. The normalized spacial score (nSPS) is 13.1. The Morgan fingerprint density at radius 3 is 2.46 bits per heavy atom. The van der Waals surface area contributed by atoms with Gasteiger partial charge in [0.05, 0.1) is 12.1 Å². The number of hydrogen-bond acceptors (Lipinski definition) is 5. The molecule has 1 heterocycles. The fourth-order valence-electron chi connectivity index (χ4n) is 2.72. The van der Waals surface area contributed by atoms with Crippen molar-refractivity contribution in [1.82, 2.24) is 0 Å². The molecule has 2 aromatic carbocycles. The summed E-state index contributed by atoms with van der Waals surface area (Å²) in [6.07, 6.45) is 0.0788. The third kappa shape index (κ3) is 3.06. The summed E-state index contributed by atoms with van der Waals surface area (Å²) < 4.78 is 10.6. The Morgan fingerprint density at radius 2 is 1.75 bits per heavy atom. The highest BCUT2D eigenvalue weighted by Crippen LogP contribution is 2.38. The lowest BCUT2D eigenvalue weighted by atomic mass is 9.82. The Labute approximate surface area is 139 Å². The molecule has 1 aliphatic rings. The molecule has 118 valence electrons. The Balaban J connectivity index is 1.91. The maximum Gasteiger partial charge on any atom is 0.231 e. The van der Waals surface area contributed by atoms with Crippen LogP contribution in [0.25, 0.3) is 0 Å². The fraction of sp³-hybridized carbons (Fsp3) is 0.211. The van der Waals surface area contributed by atoms with Crippen molar-refractivity contribution in [2.75, 3.05) is 6.79 Å². The number of nitrogens with zero attached hydrogens (tertiary/aromatic N) is 2. The minimum absolute atomic E-state index is 0.0788. The molecule has 0 bridgehead atoms. The molecule has 0 amide bonds. The third-order valence-electron chi connectivity index (χ3n) is 4.01. The molecule has 0 fully saturated rings. The van der Waals surface area contributed by atoms with E-state index in [1.807, 2.05) is 18.2 Å². The van der Waals surface area contributed by atoms with E-state index in [1.54, 1.807) is 42.5 Å². The molecule has 5 nitrogen and oxygen atoms in total. The topological polar surface area (TPSA) is 83.1 Å². The van der Waals surface area contributed by atoms with Gasteiger partial charge in [0.15, 0.2) is 17.3 Å². The Kier molecular flexibility index (Phi) is 4.45. The van der Waals surface area contributed by atoms with Gasteiger partial charge < -0.3 is 9.47 Å². The van der Waals surface area contributed by atoms with Gasteiger partial charge in [-0.25, -0.2) is 0 Å². The number of ketones is 1. The zero-order valence-corrected chi connectivity index (χ0v) is 12.8. The molecule has 5 heteroatoms. The van der Waals surface area contributed by atoms with Crippen molar-refractivity contribution < 1.29 is 14.3 Å². The zero-order chi connectivity index (χ0) is 16.9. The van der Waals surface area contributed by atoms with Crippen molar-refractivity contribution >= 4 is 5.78 Å². The van der Waals surface area contributed by atoms with Gasteiger partial charge in [-0.15, -0.1) is 0 Å². The molecule has 1 unspecified atom stereocenters. The quantitative estimate of drug-likeness (QED) is 0.789. The van der Waals surface area contributed by atoms with E-state index in [9.17, 15) is 15.3 Å². The van der Waals surface area contributed by atoms with Gasteiger partial charge in [-0.3, -0.25) is 4.79 Å². The van der Waals surface area contributed by atoms with Crippen LogP contribution in [-0.2, 0) is 0 Å². The van der Waals surface area contributed by atoms with Crippen molar-refractivity contribution in [1.29, 1.82) is 10.5 Å². The molecular formula is C19H14N2O3. The average molecular weight is 318 g/mol. The number of benzene rings is 2. The van der Waals surface area contributed by atoms with Gasteiger partial charge >= 0.3 is 0 Å². The predicted molar refractivity (Wildman–Crippen MR) is 85.4 cm³/mol. The molecular weight excluding hydrogens is 304 g/mol. The fourth-order valence-corrected chi connectivity index (χ4v) is 2.72. The van der Waals surface area contributed by atoms with Gasteiger partial charge in [0, 0.05) is 17.9 Å². The summed E-state index contributed by atoms with van der Waals surface area (Å²) in [6.45, 7) is 0.145. The standard InChI is InChI=1S/C19H14N2O3/c20-10-15(11-21)16(9-17(22)13-4-2-1-3-5-13)14-6-7-18-19(8-14)24-12-23-18/h1-8,15-16H,9,12H2. The molecule has 0 radical (unpaired) electrons. The Morgan fingerprint density at radius 1 is 1.04 bits per heavy atom. The summed E-state index contributed by atoms with van der Waals surface area (Å²) in [7, 11) is 0. The Hall–Kier alpha value is -3.31. The second-order valence-electron chi connectivity index (χ2n) is 5.45. The van der Waals surface area contributed by atoms with Crippen LogP contribution in [0.1, 0.15) is 28.3 Å². The lowest BCUT2D eigenvalue weighted by molar-refractivity contribution is 0.0970. The van der Waals surface area contributed by atoms with Crippen molar-refractivity contribution in [2.45, 2.75) is 12.3 Å². The van der Waals surface area contributed by atoms with E-state index in [1.165, 1.54) is 0 Å². The number of fused-ring (bicyclic) bond motifs is 1. The summed E-state index contributed by atoms with van der Waals surface area (Å²) in [6, 6.07) is 18.1. The van der Waals surface area contributed by atoms with Crippen LogP contribution in [0.15, 0.2) is 48.5 Å². The van der Waals surface area contributed by atoms with Crippen LogP contribution >= 0.6 is 0 Å². The monoisotopic (exact) mass is 318 g/mol. The minimum Gasteiger partial charge on any atom is -0.454 e. The van der Waals surface area contributed by atoms with Crippen molar-refractivity contribution in [2.24, 2.45) is 5.92 Å². The highest BCUT2D eigenvalue weighted by atomic mass is 16.7. The maximum atomic E-state index is 12.5. The van der Waals surface area contributed by atoms with Crippen LogP contribution in [-0.4, -0.2) is 12.6 Å². The van der Waals surface area contributed by atoms with E-state index in [2.05, 4.69) is 0 Å². The van der Waals surface area contributed by atoms with Crippen LogP contribution in [0.2, 0.25) is 0 Å². The molecule has 0 aromatic heterocycles. The SMILES string of the molecule is N#CC(C#N)C(CC(=O)c1ccccc1)c1ccc2c(c1)OCO2. The van der Waals surface area contributed by atoms with Crippen molar-refractivity contribution in [3.63, 3.8) is 0 Å². The lowest BCUT2D eigenvalue weighted by Gasteiger charge is -2.17. The lowest BCUT2D eigenvalue weighted by Crippen LogP contribution is -2.15. The summed E-state index contributed by atoms with van der Waals surface area (Å²) >= 11 is 0. The number of nitriles is 2. The molecule has 24 heavy (non-hydrogen) atoms. The van der Waals surface area contributed by atoms with Gasteiger partial charge in [-0.2, -0.15) is 10.5 Å². The molecule has 2 aromatic rings. The van der Waals surface area contributed by atoms with E-state index < -0.39 is 11.8 Å². The van der Waals surface area contributed by atoms with E-state index in [-0.39, 0.29) is 19.0 Å². The van der Waals surface area contributed by atoms with Gasteiger partial charge in [-0.05, 0) is 17.7 Å². The third-order valence-corrected chi connectivity index (χ3v) is 4.01. The van der Waals surface area contributed by atoms with Gasteiger partial charge in [0.1, 0.15) is 5.92 Å². The molecule has 0 N–H and O–H groups in total. The minimum atomic E-state index is -0.918. The summed E-state index contributed by atoms with van der Waals surface area (Å²) in [5, 5.41) is 18.6.